The molecule has 0 aliphatic heterocycles. The molecule has 0 radical (unpaired) electrons. The lowest BCUT2D eigenvalue weighted by atomic mass is 9.96. The standard InChI is InChI=1S/C61H37N7/c1-63-48-15-11-13-45(35-48)58-39-57(65-61(66-58)46-14-12-16-49(36-46)64-2)44-29-25-42(26-30-44)41-23-27-43(28-24-41)54-33-31-52(37-47(54)40-62)68-59-22-10-9-21-55(59)56-38-53(32-34-60(56)68)67(50-17-5-3-6-18-50)51-19-7-4-8-20-51/h3-39H. The Morgan fingerprint density at radius 2 is 0.985 bits per heavy atom. The van der Waals surface area contributed by atoms with Gasteiger partial charge in [0.1, 0.15) is 0 Å². The van der Waals surface area contributed by atoms with Crippen molar-refractivity contribution in [2.45, 2.75) is 0 Å². The minimum absolute atomic E-state index is 0.499. The van der Waals surface area contributed by atoms with Crippen molar-refractivity contribution >= 4 is 50.2 Å². The third kappa shape index (κ3) is 7.67. The fraction of sp³-hybridized carbons (Fsp3) is 0. The summed E-state index contributed by atoms with van der Waals surface area (Å²) < 4.78 is 2.25. The number of anilines is 3. The minimum atomic E-state index is 0.499. The summed E-state index contributed by atoms with van der Waals surface area (Å²) in [6, 6.07) is 77.8. The number of hydrogen-bond acceptors (Lipinski definition) is 4. The third-order valence-corrected chi connectivity index (χ3v) is 12.3. The van der Waals surface area contributed by atoms with E-state index >= 15 is 0 Å². The van der Waals surface area contributed by atoms with Crippen molar-refractivity contribution in [1.29, 1.82) is 5.26 Å². The van der Waals surface area contributed by atoms with E-state index in [0.29, 0.717) is 28.5 Å². The number of benzene rings is 9. The summed E-state index contributed by atoms with van der Waals surface area (Å²) in [5.74, 6) is 0.499. The zero-order valence-electron chi connectivity index (χ0n) is 36.5. The van der Waals surface area contributed by atoms with Crippen LogP contribution in [0.5, 0.6) is 0 Å². The van der Waals surface area contributed by atoms with E-state index < -0.39 is 0 Å². The van der Waals surface area contributed by atoms with Crippen LogP contribution in [0.2, 0.25) is 0 Å². The van der Waals surface area contributed by atoms with Crippen LogP contribution in [0.15, 0.2) is 224 Å². The van der Waals surface area contributed by atoms with Gasteiger partial charge in [-0.1, -0.05) is 146 Å². The molecule has 0 N–H and O–H groups in total. The second-order valence-corrected chi connectivity index (χ2v) is 16.3. The molecule has 0 spiro atoms. The summed E-state index contributed by atoms with van der Waals surface area (Å²) in [6.45, 7) is 15.1. The molecule has 0 fully saturated rings. The van der Waals surface area contributed by atoms with Gasteiger partial charge in [0.05, 0.1) is 47.2 Å². The molecule has 68 heavy (non-hydrogen) atoms. The minimum Gasteiger partial charge on any atom is -0.310 e. The van der Waals surface area contributed by atoms with Crippen molar-refractivity contribution in [2.75, 3.05) is 4.90 Å². The van der Waals surface area contributed by atoms with Gasteiger partial charge in [-0.05, 0) is 107 Å². The van der Waals surface area contributed by atoms with Crippen molar-refractivity contribution in [1.82, 2.24) is 14.5 Å². The summed E-state index contributed by atoms with van der Waals surface area (Å²) >= 11 is 0. The van der Waals surface area contributed by atoms with Crippen molar-refractivity contribution in [2.24, 2.45) is 0 Å². The number of nitrogens with zero attached hydrogens (tertiary/aromatic N) is 7. The second kappa shape index (κ2) is 17.6. The van der Waals surface area contributed by atoms with Gasteiger partial charge in [0, 0.05) is 44.6 Å². The average Bonchev–Trinajstić information content (AvgIpc) is 3.75. The van der Waals surface area contributed by atoms with Crippen LogP contribution in [0.1, 0.15) is 5.56 Å². The smallest absolute Gasteiger partial charge is 0.187 e. The Balaban J connectivity index is 0.901. The monoisotopic (exact) mass is 867 g/mol. The molecule has 11 rings (SSSR count). The predicted molar refractivity (Wildman–Crippen MR) is 275 cm³/mol. The molecular formula is C61H37N7. The molecule has 7 heteroatoms. The highest BCUT2D eigenvalue weighted by atomic mass is 15.1. The first-order chi connectivity index (χ1) is 33.5. The Morgan fingerprint density at radius 1 is 0.426 bits per heavy atom. The molecule has 0 bridgehead atoms. The maximum atomic E-state index is 10.6. The van der Waals surface area contributed by atoms with E-state index in [9.17, 15) is 5.26 Å². The van der Waals surface area contributed by atoms with E-state index in [1.54, 1.807) is 18.2 Å². The highest BCUT2D eigenvalue weighted by Gasteiger charge is 2.19. The fourth-order valence-electron chi connectivity index (χ4n) is 8.99. The largest absolute Gasteiger partial charge is 0.310 e. The zero-order valence-corrected chi connectivity index (χ0v) is 36.5. The van der Waals surface area contributed by atoms with Gasteiger partial charge in [0.25, 0.3) is 0 Å². The number of hydrogen-bond donors (Lipinski definition) is 0. The van der Waals surface area contributed by atoms with Crippen LogP contribution < -0.4 is 4.90 Å². The number of para-hydroxylation sites is 3. The Labute approximate surface area is 394 Å². The van der Waals surface area contributed by atoms with E-state index in [-0.39, 0.29) is 0 Å². The molecule has 9 aromatic carbocycles. The first kappa shape index (κ1) is 40.9. The van der Waals surface area contributed by atoms with Gasteiger partial charge in [-0.2, -0.15) is 5.26 Å². The molecular weight excluding hydrogens is 831 g/mol. The predicted octanol–water partition coefficient (Wildman–Crippen LogP) is 16.4. The van der Waals surface area contributed by atoms with E-state index in [2.05, 4.69) is 177 Å². The number of aromatic nitrogens is 3. The molecule has 11 aromatic rings. The van der Waals surface area contributed by atoms with E-state index in [0.717, 1.165) is 89.2 Å². The molecule has 0 unspecified atom stereocenters. The van der Waals surface area contributed by atoms with Gasteiger partial charge >= 0.3 is 0 Å². The van der Waals surface area contributed by atoms with Crippen LogP contribution in [0.25, 0.3) is 93.3 Å². The number of nitriles is 1. The molecule has 0 saturated carbocycles. The average molecular weight is 868 g/mol. The Kier molecular flexibility index (Phi) is 10.6. The summed E-state index contributed by atoms with van der Waals surface area (Å²) in [5, 5.41) is 12.9. The maximum Gasteiger partial charge on any atom is 0.187 e. The van der Waals surface area contributed by atoms with Crippen LogP contribution in [-0.2, 0) is 0 Å². The molecule has 0 aliphatic rings. The number of fused-ring (bicyclic) bond motifs is 3. The molecule has 7 nitrogen and oxygen atoms in total. The third-order valence-electron chi connectivity index (χ3n) is 12.3. The Bertz CT molecular complexity index is 3700. The SMILES string of the molecule is [C-]#[N+]c1cccc(-c2cc(-c3ccc(-c4ccc(-c5ccc(-n6c7ccccc7c7cc(N(c8ccccc8)c8ccccc8)ccc76)cc5C#N)cc4)cc3)nc(-c3cccc([N+]#[C-])c3)n2)c1. The van der Waals surface area contributed by atoms with Gasteiger partial charge in [0.15, 0.2) is 17.2 Å². The Morgan fingerprint density at radius 3 is 1.63 bits per heavy atom. The molecule has 0 amide bonds. The van der Waals surface area contributed by atoms with E-state index in [1.165, 1.54) is 0 Å². The summed E-state index contributed by atoms with van der Waals surface area (Å²) in [5.41, 5.74) is 15.6. The lowest BCUT2D eigenvalue weighted by molar-refractivity contribution is 1.18. The van der Waals surface area contributed by atoms with Crippen LogP contribution in [0.4, 0.5) is 28.4 Å². The molecule has 0 aliphatic carbocycles. The highest BCUT2D eigenvalue weighted by Crippen LogP contribution is 2.40. The molecule has 0 atom stereocenters. The van der Waals surface area contributed by atoms with Crippen molar-refractivity contribution in [3.05, 3.63) is 253 Å². The summed E-state index contributed by atoms with van der Waals surface area (Å²) in [4.78, 5) is 19.4. The van der Waals surface area contributed by atoms with Crippen molar-refractivity contribution in [3.8, 4) is 67.9 Å². The van der Waals surface area contributed by atoms with Crippen LogP contribution >= 0.6 is 0 Å². The fourth-order valence-corrected chi connectivity index (χ4v) is 8.99. The van der Waals surface area contributed by atoms with Gasteiger partial charge < -0.3 is 9.47 Å². The lowest BCUT2D eigenvalue weighted by Gasteiger charge is -2.25. The number of rotatable bonds is 9. The molecule has 0 saturated heterocycles. The van der Waals surface area contributed by atoms with Gasteiger partial charge in [0.2, 0.25) is 0 Å². The van der Waals surface area contributed by atoms with E-state index in [4.69, 9.17) is 23.1 Å². The Hall–Kier alpha value is -9.87. The normalized spacial score (nSPS) is 10.9. The lowest BCUT2D eigenvalue weighted by Crippen LogP contribution is -2.09. The summed E-state index contributed by atoms with van der Waals surface area (Å²) in [6.07, 6.45) is 0. The topological polar surface area (TPSA) is 66.5 Å². The molecule has 2 aromatic heterocycles. The maximum absolute atomic E-state index is 10.6. The van der Waals surface area contributed by atoms with Crippen LogP contribution in [0, 0.1) is 24.5 Å². The van der Waals surface area contributed by atoms with Crippen molar-refractivity contribution < 1.29 is 0 Å². The summed E-state index contributed by atoms with van der Waals surface area (Å²) in [7, 11) is 0. The second-order valence-electron chi connectivity index (χ2n) is 16.3. The van der Waals surface area contributed by atoms with Crippen molar-refractivity contribution in [3.63, 3.8) is 0 Å². The quantitative estimate of drug-likeness (QED) is 0.136. The first-order valence-electron chi connectivity index (χ1n) is 22.1. The highest BCUT2D eigenvalue weighted by molar-refractivity contribution is 6.10. The first-order valence-corrected chi connectivity index (χ1v) is 22.1. The molecule has 316 valence electrons. The molecule has 2 heterocycles. The van der Waals surface area contributed by atoms with Crippen LogP contribution in [-0.4, -0.2) is 14.5 Å². The van der Waals surface area contributed by atoms with Gasteiger partial charge in [-0.15, -0.1) is 0 Å². The zero-order chi connectivity index (χ0) is 46.0. The van der Waals surface area contributed by atoms with E-state index in [1.807, 2.05) is 54.6 Å². The van der Waals surface area contributed by atoms with Gasteiger partial charge in [-0.25, -0.2) is 19.7 Å². The van der Waals surface area contributed by atoms with Crippen LogP contribution in [0.3, 0.4) is 0 Å². The van der Waals surface area contributed by atoms with Gasteiger partial charge in [-0.3, -0.25) is 0 Å².